The van der Waals surface area contributed by atoms with E-state index in [1.54, 1.807) is 4.68 Å². The van der Waals surface area contributed by atoms with Gasteiger partial charge >= 0.3 is 0 Å². The largest absolute Gasteiger partial charge is 0.394 e. The monoisotopic (exact) mass is 271 g/mol. The molecule has 8 heteroatoms. The Morgan fingerprint density at radius 1 is 1.47 bits per heavy atom. The zero-order valence-corrected chi connectivity index (χ0v) is 10.9. The zero-order chi connectivity index (χ0) is 13.9. The fourth-order valence-corrected chi connectivity index (χ4v) is 1.56. The van der Waals surface area contributed by atoms with Crippen molar-refractivity contribution in [1.29, 1.82) is 0 Å². The molecule has 108 valence electrons. The predicted molar refractivity (Wildman–Crippen MR) is 67.6 cm³/mol. The summed E-state index contributed by atoms with van der Waals surface area (Å²) in [6, 6.07) is 0. The molecule has 0 aliphatic carbocycles. The third kappa shape index (κ3) is 6.85. The van der Waals surface area contributed by atoms with E-state index in [0.29, 0.717) is 19.6 Å². The fourth-order valence-electron chi connectivity index (χ4n) is 1.56. The van der Waals surface area contributed by atoms with Gasteiger partial charge in [-0.2, -0.15) is 0 Å². The van der Waals surface area contributed by atoms with E-state index in [0.717, 1.165) is 31.5 Å². The molecule has 8 nitrogen and oxygen atoms in total. The van der Waals surface area contributed by atoms with Crippen LogP contribution in [0.2, 0.25) is 0 Å². The number of nitrogens with zero attached hydrogens (tertiary/aromatic N) is 3. The lowest BCUT2D eigenvalue weighted by atomic mass is 10.2. The van der Waals surface area contributed by atoms with E-state index in [2.05, 4.69) is 15.7 Å². The maximum absolute atomic E-state index is 10.9. The van der Waals surface area contributed by atoms with Crippen molar-refractivity contribution >= 4 is 5.91 Å². The van der Waals surface area contributed by atoms with Gasteiger partial charge in [0.25, 0.3) is 0 Å². The molecule has 1 rings (SSSR count). The topological polar surface area (TPSA) is 115 Å². The van der Waals surface area contributed by atoms with Crippen molar-refractivity contribution in [2.24, 2.45) is 5.84 Å². The minimum Gasteiger partial charge on any atom is -0.394 e. The Morgan fingerprint density at radius 3 is 3.05 bits per heavy atom. The standard InChI is InChI=1S/C11H21N5O3/c12-13-11(18)4-2-1-3-5-16-8-10(14-15-16)9-19-7-6-17/h8,17H,1-7,9,12H2,(H,13,18). The van der Waals surface area contributed by atoms with Crippen LogP contribution in [-0.2, 0) is 22.7 Å². The molecule has 1 aromatic heterocycles. The van der Waals surface area contributed by atoms with Gasteiger partial charge in [0.2, 0.25) is 5.91 Å². The highest BCUT2D eigenvalue weighted by Crippen LogP contribution is 2.03. The molecule has 0 aromatic carbocycles. The van der Waals surface area contributed by atoms with Gasteiger partial charge in [0.05, 0.1) is 26.0 Å². The van der Waals surface area contributed by atoms with Crippen molar-refractivity contribution in [3.05, 3.63) is 11.9 Å². The van der Waals surface area contributed by atoms with Crippen LogP contribution in [0.3, 0.4) is 0 Å². The number of amides is 1. The van der Waals surface area contributed by atoms with Crippen LogP contribution in [0.4, 0.5) is 0 Å². The molecule has 0 unspecified atom stereocenters. The molecule has 0 bridgehead atoms. The second kappa shape index (κ2) is 9.42. The lowest BCUT2D eigenvalue weighted by Gasteiger charge is -2.01. The van der Waals surface area contributed by atoms with E-state index < -0.39 is 0 Å². The molecule has 0 fully saturated rings. The number of aryl methyl sites for hydroxylation is 1. The van der Waals surface area contributed by atoms with E-state index in [-0.39, 0.29) is 12.5 Å². The number of ether oxygens (including phenoxy) is 1. The van der Waals surface area contributed by atoms with E-state index in [1.165, 1.54) is 0 Å². The van der Waals surface area contributed by atoms with Crippen LogP contribution in [0.15, 0.2) is 6.20 Å². The van der Waals surface area contributed by atoms with Crippen molar-refractivity contribution < 1.29 is 14.6 Å². The van der Waals surface area contributed by atoms with Crippen LogP contribution in [-0.4, -0.2) is 39.2 Å². The van der Waals surface area contributed by atoms with Crippen molar-refractivity contribution in [3.63, 3.8) is 0 Å². The maximum atomic E-state index is 10.9. The van der Waals surface area contributed by atoms with Gasteiger partial charge in [0.1, 0.15) is 5.69 Å². The van der Waals surface area contributed by atoms with Crippen molar-refractivity contribution in [2.75, 3.05) is 13.2 Å². The average molecular weight is 271 g/mol. The third-order valence-corrected chi connectivity index (χ3v) is 2.52. The van der Waals surface area contributed by atoms with Crippen LogP contribution in [0.5, 0.6) is 0 Å². The Hall–Kier alpha value is -1.51. The number of carbonyl (C=O) groups is 1. The van der Waals surface area contributed by atoms with Crippen LogP contribution < -0.4 is 11.3 Å². The molecule has 0 spiro atoms. The maximum Gasteiger partial charge on any atom is 0.233 e. The van der Waals surface area contributed by atoms with Crippen LogP contribution in [0.25, 0.3) is 0 Å². The van der Waals surface area contributed by atoms with E-state index in [1.807, 2.05) is 6.20 Å². The van der Waals surface area contributed by atoms with Crippen LogP contribution >= 0.6 is 0 Å². The highest BCUT2D eigenvalue weighted by atomic mass is 16.5. The van der Waals surface area contributed by atoms with Crippen LogP contribution in [0, 0.1) is 0 Å². The van der Waals surface area contributed by atoms with Gasteiger partial charge in [0.15, 0.2) is 0 Å². The molecule has 1 amide bonds. The van der Waals surface area contributed by atoms with Gasteiger partial charge in [-0.05, 0) is 12.8 Å². The number of hydrogen-bond acceptors (Lipinski definition) is 6. The molecule has 1 heterocycles. The first-order valence-corrected chi connectivity index (χ1v) is 6.33. The van der Waals surface area contributed by atoms with Gasteiger partial charge in [0, 0.05) is 13.0 Å². The normalized spacial score (nSPS) is 10.6. The van der Waals surface area contributed by atoms with Crippen molar-refractivity contribution in [3.8, 4) is 0 Å². The fraction of sp³-hybridized carbons (Fsp3) is 0.727. The molecule has 0 saturated carbocycles. The Balaban J connectivity index is 2.11. The molecule has 19 heavy (non-hydrogen) atoms. The van der Waals surface area contributed by atoms with Gasteiger partial charge in [-0.1, -0.05) is 11.6 Å². The summed E-state index contributed by atoms with van der Waals surface area (Å²) < 4.78 is 6.89. The van der Waals surface area contributed by atoms with Crippen molar-refractivity contribution in [1.82, 2.24) is 20.4 Å². The summed E-state index contributed by atoms with van der Waals surface area (Å²) >= 11 is 0. The Labute approximate surface area is 111 Å². The summed E-state index contributed by atoms with van der Waals surface area (Å²) in [4.78, 5) is 10.9. The first kappa shape index (κ1) is 15.5. The number of unbranched alkanes of at least 4 members (excludes halogenated alkanes) is 2. The smallest absolute Gasteiger partial charge is 0.233 e. The third-order valence-electron chi connectivity index (χ3n) is 2.52. The number of rotatable bonds is 10. The lowest BCUT2D eigenvalue weighted by Crippen LogP contribution is -2.29. The van der Waals surface area contributed by atoms with Gasteiger partial charge in [-0.15, -0.1) is 5.10 Å². The lowest BCUT2D eigenvalue weighted by molar-refractivity contribution is -0.121. The van der Waals surface area contributed by atoms with E-state index in [9.17, 15) is 4.79 Å². The molecule has 1 aromatic rings. The van der Waals surface area contributed by atoms with Gasteiger partial charge in [-0.25, -0.2) is 5.84 Å². The first-order valence-electron chi connectivity index (χ1n) is 6.33. The summed E-state index contributed by atoms with van der Waals surface area (Å²) in [5.74, 6) is 4.85. The number of hydrogen-bond donors (Lipinski definition) is 3. The average Bonchev–Trinajstić information content (AvgIpc) is 2.86. The SMILES string of the molecule is NNC(=O)CCCCCn1cc(COCCO)nn1. The van der Waals surface area contributed by atoms with Gasteiger partial charge in [-0.3, -0.25) is 14.9 Å². The highest BCUT2D eigenvalue weighted by Gasteiger charge is 2.01. The minimum atomic E-state index is -0.135. The number of aliphatic hydroxyl groups excluding tert-OH is 1. The minimum absolute atomic E-state index is 0.00448. The number of hydrazine groups is 1. The summed E-state index contributed by atoms with van der Waals surface area (Å²) in [6.45, 7) is 1.43. The quantitative estimate of drug-likeness (QED) is 0.225. The molecule has 0 aliphatic heterocycles. The Bertz CT molecular complexity index is 369. The number of carbonyl (C=O) groups excluding carboxylic acids is 1. The Morgan fingerprint density at radius 2 is 2.32 bits per heavy atom. The summed E-state index contributed by atoms with van der Waals surface area (Å²) in [6.07, 6.45) is 4.95. The second-order valence-electron chi connectivity index (χ2n) is 4.13. The molecule has 0 saturated heterocycles. The Kier molecular flexibility index (Phi) is 7.71. The number of aromatic nitrogens is 3. The van der Waals surface area contributed by atoms with Crippen molar-refractivity contribution in [2.45, 2.75) is 38.8 Å². The molecule has 0 aliphatic rings. The predicted octanol–water partition coefficient (Wildman–Crippen LogP) is -0.663. The summed E-state index contributed by atoms with van der Waals surface area (Å²) in [5.41, 5.74) is 2.85. The molecular formula is C11H21N5O3. The number of nitrogens with two attached hydrogens (primary N) is 1. The van der Waals surface area contributed by atoms with E-state index in [4.69, 9.17) is 15.7 Å². The van der Waals surface area contributed by atoms with E-state index >= 15 is 0 Å². The molecular weight excluding hydrogens is 250 g/mol. The first-order chi connectivity index (χ1) is 9.26. The number of aliphatic hydroxyl groups is 1. The second-order valence-corrected chi connectivity index (χ2v) is 4.13. The highest BCUT2D eigenvalue weighted by molar-refractivity contribution is 5.74. The summed E-state index contributed by atoms with van der Waals surface area (Å²) in [5, 5.41) is 16.5. The zero-order valence-electron chi connectivity index (χ0n) is 10.9. The molecule has 0 atom stereocenters. The van der Waals surface area contributed by atoms with Crippen LogP contribution in [0.1, 0.15) is 31.4 Å². The summed E-state index contributed by atoms with van der Waals surface area (Å²) in [7, 11) is 0. The number of nitrogens with one attached hydrogen (secondary N) is 1. The van der Waals surface area contributed by atoms with Gasteiger partial charge < -0.3 is 9.84 Å². The molecule has 4 N–H and O–H groups in total. The molecule has 0 radical (unpaired) electrons.